The van der Waals surface area contributed by atoms with Gasteiger partial charge in [0.2, 0.25) is 0 Å². The molecule has 0 unspecified atom stereocenters. The quantitative estimate of drug-likeness (QED) is 0.755. The van der Waals surface area contributed by atoms with Crippen molar-refractivity contribution in [3.63, 3.8) is 0 Å². The zero-order valence-electron chi connectivity index (χ0n) is 12.5. The Bertz CT molecular complexity index is 463. The van der Waals surface area contributed by atoms with E-state index in [1.165, 1.54) is 0 Å². The molecule has 0 bridgehead atoms. The zero-order valence-corrected chi connectivity index (χ0v) is 13.3. The first-order valence-corrected chi connectivity index (χ1v) is 7.85. The van der Waals surface area contributed by atoms with Gasteiger partial charge in [-0.25, -0.2) is 4.98 Å². The Balaban J connectivity index is 1.95. The number of hydrogen-bond donors (Lipinski definition) is 0. The fraction of sp³-hybridized carbons (Fsp3) is 0.714. The van der Waals surface area contributed by atoms with Crippen LogP contribution in [0.25, 0.3) is 0 Å². The van der Waals surface area contributed by atoms with Gasteiger partial charge in [0.15, 0.2) is 0 Å². The molecule has 112 valence electrons. The summed E-state index contributed by atoms with van der Waals surface area (Å²) in [5.41, 5.74) is 0.978. The standard InChI is InChI=1S/C14H22N2O3S/c1-5-18-10(3)13-15-11(8-20-13)7-16(4)12-6-9(2)19-14(12)17/h8-10,12H,5-7H2,1-4H3/t9-,10+,12+/m0/s1. The smallest absolute Gasteiger partial charge is 0.323 e. The van der Waals surface area contributed by atoms with Gasteiger partial charge in [0.1, 0.15) is 23.3 Å². The number of aromatic nitrogens is 1. The fourth-order valence-corrected chi connectivity index (χ4v) is 3.18. The third-order valence-electron chi connectivity index (χ3n) is 3.42. The second-order valence-electron chi connectivity index (χ2n) is 5.19. The van der Waals surface area contributed by atoms with Crippen LogP contribution < -0.4 is 0 Å². The lowest BCUT2D eigenvalue weighted by atomic mass is 10.1. The maximum atomic E-state index is 11.7. The van der Waals surface area contributed by atoms with Crippen LogP contribution in [0.5, 0.6) is 0 Å². The van der Waals surface area contributed by atoms with E-state index in [2.05, 4.69) is 4.98 Å². The van der Waals surface area contributed by atoms with E-state index < -0.39 is 0 Å². The molecule has 5 nitrogen and oxygen atoms in total. The Morgan fingerprint density at radius 2 is 2.40 bits per heavy atom. The molecule has 3 atom stereocenters. The van der Waals surface area contributed by atoms with Crippen molar-refractivity contribution in [2.45, 2.75) is 52.0 Å². The lowest BCUT2D eigenvalue weighted by Crippen LogP contribution is -2.34. The number of carbonyl (C=O) groups is 1. The van der Waals surface area contributed by atoms with Crippen molar-refractivity contribution in [2.75, 3.05) is 13.7 Å². The van der Waals surface area contributed by atoms with E-state index in [1.807, 2.05) is 38.1 Å². The van der Waals surface area contributed by atoms with Gasteiger partial charge in [-0.2, -0.15) is 0 Å². The molecule has 1 aromatic rings. The highest BCUT2D eigenvalue weighted by Gasteiger charge is 2.34. The van der Waals surface area contributed by atoms with Crippen LogP contribution >= 0.6 is 11.3 Å². The molecule has 0 aliphatic carbocycles. The molecule has 20 heavy (non-hydrogen) atoms. The van der Waals surface area contributed by atoms with Crippen LogP contribution in [0.3, 0.4) is 0 Å². The van der Waals surface area contributed by atoms with E-state index in [4.69, 9.17) is 9.47 Å². The molecule has 0 amide bonds. The molecule has 0 saturated carbocycles. The second kappa shape index (κ2) is 6.65. The molecular formula is C14H22N2O3S. The van der Waals surface area contributed by atoms with Crippen LogP contribution in [-0.4, -0.2) is 41.7 Å². The van der Waals surface area contributed by atoms with Crippen LogP contribution in [0.2, 0.25) is 0 Å². The van der Waals surface area contributed by atoms with E-state index in [0.29, 0.717) is 13.2 Å². The van der Waals surface area contributed by atoms with Gasteiger partial charge in [-0.05, 0) is 27.8 Å². The normalized spacial score (nSPS) is 24.1. The molecular weight excluding hydrogens is 276 g/mol. The monoisotopic (exact) mass is 298 g/mol. The minimum atomic E-state index is -0.153. The molecule has 2 rings (SSSR count). The third-order valence-corrected chi connectivity index (χ3v) is 4.48. The summed E-state index contributed by atoms with van der Waals surface area (Å²) in [5, 5.41) is 3.02. The Morgan fingerprint density at radius 3 is 3.00 bits per heavy atom. The Morgan fingerprint density at radius 1 is 1.65 bits per heavy atom. The molecule has 1 aliphatic heterocycles. The summed E-state index contributed by atoms with van der Waals surface area (Å²) in [6.07, 6.45) is 0.793. The van der Waals surface area contributed by atoms with Gasteiger partial charge in [0.05, 0.1) is 5.69 Å². The van der Waals surface area contributed by atoms with E-state index in [1.54, 1.807) is 11.3 Å². The summed E-state index contributed by atoms with van der Waals surface area (Å²) < 4.78 is 10.7. The number of hydrogen-bond acceptors (Lipinski definition) is 6. The fourth-order valence-electron chi connectivity index (χ4n) is 2.36. The van der Waals surface area contributed by atoms with Gasteiger partial charge in [-0.3, -0.25) is 9.69 Å². The number of likely N-dealkylation sites (N-methyl/N-ethyl adjacent to an activating group) is 1. The second-order valence-corrected chi connectivity index (χ2v) is 6.08. The molecule has 0 aromatic carbocycles. The van der Waals surface area contributed by atoms with Crippen LogP contribution in [-0.2, 0) is 20.8 Å². The minimum Gasteiger partial charge on any atom is -0.461 e. The maximum absolute atomic E-state index is 11.7. The van der Waals surface area contributed by atoms with Crippen LogP contribution in [0.4, 0.5) is 0 Å². The highest BCUT2D eigenvalue weighted by molar-refractivity contribution is 7.09. The summed E-state index contributed by atoms with van der Waals surface area (Å²) in [5.74, 6) is -0.127. The predicted molar refractivity (Wildman–Crippen MR) is 77.6 cm³/mol. The molecule has 2 heterocycles. The van der Waals surface area contributed by atoms with Crippen molar-refractivity contribution >= 4 is 17.3 Å². The molecule has 1 aromatic heterocycles. The summed E-state index contributed by atoms with van der Waals surface area (Å²) in [6.45, 7) is 7.25. The topological polar surface area (TPSA) is 51.7 Å². The first-order valence-electron chi connectivity index (χ1n) is 6.97. The van der Waals surface area contributed by atoms with E-state index >= 15 is 0 Å². The molecule has 0 N–H and O–H groups in total. The number of esters is 1. The number of nitrogens with zero attached hydrogens (tertiary/aromatic N) is 2. The summed E-state index contributed by atoms with van der Waals surface area (Å²) in [4.78, 5) is 18.3. The lowest BCUT2D eigenvalue weighted by Gasteiger charge is -2.19. The first-order chi connectivity index (χ1) is 9.51. The van der Waals surface area contributed by atoms with Crippen molar-refractivity contribution in [1.29, 1.82) is 0 Å². The molecule has 1 aliphatic rings. The van der Waals surface area contributed by atoms with Crippen molar-refractivity contribution < 1.29 is 14.3 Å². The molecule has 1 saturated heterocycles. The zero-order chi connectivity index (χ0) is 14.7. The summed E-state index contributed by atoms with van der Waals surface area (Å²) in [7, 11) is 1.94. The van der Waals surface area contributed by atoms with Gasteiger partial charge in [0.25, 0.3) is 0 Å². The SMILES string of the molecule is CCO[C@H](C)c1nc(CN(C)[C@@H]2C[C@H](C)OC2=O)cs1. The predicted octanol–water partition coefficient (Wildman–Crippen LogP) is 2.38. The van der Waals surface area contributed by atoms with Crippen molar-refractivity contribution in [3.05, 3.63) is 16.1 Å². The van der Waals surface area contributed by atoms with E-state index in [-0.39, 0.29) is 24.2 Å². The van der Waals surface area contributed by atoms with Gasteiger partial charge in [-0.1, -0.05) is 0 Å². The maximum Gasteiger partial charge on any atom is 0.323 e. The molecule has 0 spiro atoms. The van der Waals surface area contributed by atoms with Crippen LogP contribution in [0, 0.1) is 0 Å². The van der Waals surface area contributed by atoms with Crippen LogP contribution in [0.15, 0.2) is 5.38 Å². The molecule has 1 fully saturated rings. The average molecular weight is 298 g/mol. The highest BCUT2D eigenvalue weighted by atomic mass is 32.1. The number of thiazole rings is 1. The number of carbonyl (C=O) groups excluding carboxylic acids is 1. The first kappa shape index (κ1) is 15.4. The summed E-state index contributed by atoms with van der Waals surface area (Å²) in [6, 6.07) is -0.153. The van der Waals surface area contributed by atoms with E-state index in [9.17, 15) is 4.79 Å². The molecule has 0 radical (unpaired) electrons. The number of cyclic esters (lactones) is 1. The molecule has 6 heteroatoms. The van der Waals surface area contributed by atoms with Gasteiger partial charge >= 0.3 is 5.97 Å². The largest absolute Gasteiger partial charge is 0.461 e. The Labute approximate surface area is 123 Å². The average Bonchev–Trinajstić information content (AvgIpc) is 2.96. The van der Waals surface area contributed by atoms with Crippen molar-refractivity contribution in [3.8, 4) is 0 Å². The van der Waals surface area contributed by atoms with E-state index in [0.717, 1.165) is 17.1 Å². The van der Waals surface area contributed by atoms with Gasteiger partial charge in [0, 0.05) is 25.0 Å². The van der Waals surface area contributed by atoms with Crippen molar-refractivity contribution in [2.24, 2.45) is 0 Å². The summed E-state index contributed by atoms with van der Waals surface area (Å²) >= 11 is 1.60. The van der Waals surface area contributed by atoms with Crippen LogP contribution in [0.1, 0.15) is 44.0 Å². The Hall–Kier alpha value is -0.980. The van der Waals surface area contributed by atoms with Gasteiger partial charge in [-0.15, -0.1) is 11.3 Å². The lowest BCUT2D eigenvalue weighted by molar-refractivity contribution is -0.144. The third kappa shape index (κ3) is 3.56. The van der Waals surface area contributed by atoms with Crippen molar-refractivity contribution in [1.82, 2.24) is 9.88 Å². The number of rotatable bonds is 6. The highest BCUT2D eigenvalue weighted by Crippen LogP contribution is 2.24. The number of ether oxygens (including phenoxy) is 2. The minimum absolute atomic E-state index is 0.0129. The van der Waals surface area contributed by atoms with Gasteiger partial charge < -0.3 is 9.47 Å². The Kier molecular flexibility index (Phi) is 5.12.